The van der Waals surface area contributed by atoms with Crippen molar-refractivity contribution in [1.29, 1.82) is 0 Å². The Morgan fingerprint density at radius 2 is 1.67 bits per heavy atom. The molecule has 0 radical (unpaired) electrons. The molecule has 1 fully saturated rings. The Morgan fingerprint density at radius 1 is 0.984 bits per heavy atom. The number of nitrogens with zero attached hydrogens (tertiary/aromatic N) is 4. The fourth-order valence-corrected chi connectivity index (χ4v) is 9.62. The summed E-state index contributed by atoms with van der Waals surface area (Å²) in [5.41, 5.74) is 4.25. The Balaban J connectivity index is 1.37. The molecular formula is C35H60N7O18P3S. The molecule has 1 saturated heterocycles. The van der Waals surface area contributed by atoms with Crippen LogP contribution in [0.1, 0.15) is 91.2 Å². The molecule has 1 aliphatic rings. The Kier molecular flexibility index (Phi) is 22.6. The molecule has 1 aliphatic heterocycles. The third kappa shape index (κ3) is 19.2. The van der Waals surface area contributed by atoms with Crippen molar-refractivity contribution < 1.29 is 85.6 Å². The molecule has 29 heteroatoms. The largest absolute Gasteiger partial charge is 0.481 e. The van der Waals surface area contributed by atoms with Gasteiger partial charge in [-0.2, -0.15) is 4.31 Å². The lowest BCUT2D eigenvalue weighted by Crippen LogP contribution is -2.46. The Bertz CT molecular complexity index is 2010. The number of aromatic nitrogens is 4. The zero-order valence-electron chi connectivity index (χ0n) is 35.6. The SMILES string of the molecule is CCCCCC/C=C\CCC[C@H](O)CC(=O)SCCNC(=O)CCNC(=O)[C@H](O)C(C)(C)COP(=O)(O)OP(=O)(O)OC[C@H]1O[C@@H](n2cnc3c(N)ncnc32)[C@H](O)[C@@H]1OP(=O)(O)O. The molecule has 3 rings (SSSR count). The maximum atomic E-state index is 12.7. The number of imidazole rings is 1. The van der Waals surface area contributed by atoms with Gasteiger partial charge >= 0.3 is 23.5 Å². The van der Waals surface area contributed by atoms with Gasteiger partial charge in [-0.25, -0.2) is 28.6 Å². The van der Waals surface area contributed by atoms with E-state index in [1.807, 2.05) is 0 Å². The van der Waals surface area contributed by atoms with E-state index in [2.05, 4.69) is 53.5 Å². The van der Waals surface area contributed by atoms with Gasteiger partial charge in [0.2, 0.25) is 11.8 Å². The molecule has 2 aromatic heterocycles. The minimum Gasteiger partial charge on any atom is -0.393 e. The van der Waals surface area contributed by atoms with Crippen molar-refractivity contribution >= 4 is 69.1 Å². The van der Waals surface area contributed by atoms with E-state index in [0.29, 0.717) is 6.42 Å². The molecule has 25 nitrogen and oxygen atoms in total. The number of phosphoric ester groups is 3. The Morgan fingerprint density at radius 3 is 2.36 bits per heavy atom. The lowest BCUT2D eigenvalue weighted by Gasteiger charge is -2.30. The summed E-state index contributed by atoms with van der Waals surface area (Å²) >= 11 is 0.981. The predicted octanol–water partition coefficient (Wildman–Crippen LogP) is 2.11. The van der Waals surface area contributed by atoms with Crippen LogP contribution in [0.5, 0.6) is 0 Å². The number of amides is 2. The number of rotatable bonds is 30. The van der Waals surface area contributed by atoms with Crippen molar-refractivity contribution in [3.8, 4) is 0 Å². The molecule has 0 aromatic carbocycles. The van der Waals surface area contributed by atoms with Crippen molar-refractivity contribution in [3.63, 3.8) is 0 Å². The van der Waals surface area contributed by atoms with Crippen LogP contribution < -0.4 is 16.4 Å². The number of aliphatic hydroxyl groups excluding tert-OH is 3. The molecule has 2 aromatic rings. The van der Waals surface area contributed by atoms with E-state index in [1.54, 1.807) is 0 Å². The number of fused-ring (bicyclic) bond motifs is 1. The van der Waals surface area contributed by atoms with Gasteiger partial charge in [0.05, 0.1) is 25.6 Å². The van der Waals surface area contributed by atoms with Crippen LogP contribution in [0.2, 0.25) is 0 Å². The van der Waals surface area contributed by atoms with E-state index < -0.39 is 90.7 Å². The van der Waals surface area contributed by atoms with Gasteiger partial charge in [0, 0.05) is 37.1 Å². The number of aliphatic hydroxyl groups is 3. The number of carbonyl (C=O) groups excluding carboxylic acids is 3. The average molecular weight is 992 g/mol. The highest BCUT2D eigenvalue weighted by atomic mass is 32.2. The summed E-state index contributed by atoms with van der Waals surface area (Å²) in [6.45, 7) is 2.55. The Labute approximate surface area is 373 Å². The number of ether oxygens (including phenoxy) is 1. The normalized spacial score (nSPS) is 21.1. The average Bonchev–Trinajstić information content (AvgIpc) is 3.76. The second-order valence-corrected chi connectivity index (χ2v) is 20.8. The van der Waals surface area contributed by atoms with Gasteiger partial charge in [0.15, 0.2) is 22.8 Å². The number of hydrogen-bond acceptors (Lipinski definition) is 19. The van der Waals surface area contributed by atoms with Crippen LogP contribution in [0.25, 0.3) is 11.2 Å². The molecule has 64 heavy (non-hydrogen) atoms. The monoisotopic (exact) mass is 991 g/mol. The third-order valence-corrected chi connectivity index (χ3v) is 13.5. The second kappa shape index (κ2) is 26.0. The van der Waals surface area contributed by atoms with Gasteiger partial charge in [-0.15, -0.1) is 0 Å². The van der Waals surface area contributed by atoms with E-state index >= 15 is 0 Å². The summed E-state index contributed by atoms with van der Waals surface area (Å²) in [6.07, 6.45) is 4.50. The number of anilines is 1. The molecule has 2 unspecified atom stereocenters. The van der Waals surface area contributed by atoms with Crippen molar-refractivity contribution in [2.75, 3.05) is 37.8 Å². The minimum atomic E-state index is -5.59. The van der Waals surface area contributed by atoms with Crippen molar-refractivity contribution in [3.05, 3.63) is 24.8 Å². The van der Waals surface area contributed by atoms with Crippen LogP contribution in [-0.4, -0.2) is 134 Å². The van der Waals surface area contributed by atoms with E-state index in [1.165, 1.54) is 39.5 Å². The molecular weight excluding hydrogens is 931 g/mol. The lowest BCUT2D eigenvalue weighted by atomic mass is 9.87. The molecule has 0 aliphatic carbocycles. The lowest BCUT2D eigenvalue weighted by molar-refractivity contribution is -0.137. The number of unbranched alkanes of at least 4 members (excludes halogenated alkanes) is 5. The number of nitrogen functional groups attached to an aromatic ring is 1. The summed E-state index contributed by atoms with van der Waals surface area (Å²) in [5, 5.41) is 36.4. The number of nitrogens with one attached hydrogen (secondary N) is 2. The number of carbonyl (C=O) groups is 3. The number of phosphoric acid groups is 3. The van der Waals surface area contributed by atoms with Crippen molar-refractivity contribution in [2.45, 2.75) is 122 Å². The second-order valence-electron chi connectivity index (χ2n) is 15.4. The summed E-state index contributed by atoms with van der Waals surface area (Å²) in [7, 11) is -16.4. The summed E-state index contributed by atoms with van der Waals surface area (Å²) < 4.78 is 62.3. The molecule has 364 valence electrons. The standard InChI is InChI=1S/C35H60N7O18P3S/c1-4-5-6-7-8-9-10-11-12-13-23(43)18-26(45)64-17-16-37-25(44)14-15-38-33(48)30(47)35(2,3)20-57-63(54,55)60-62(52,53)56-19-24-29(59-61(49,50)51)28(46)34(58-24)42-22-41-27-31(36)39-21-40-32(27)42/h9-10,21-24,28-30,34,43,46-47H,4-8,11-20H2,1-3H3,(H,37,44)(H,38,48)(H,52,53)(H,54,55)(H2,36,39,40)(H2,49,50,51)/b10-9-/t23-,24+,28+,29+,30-,34+/m0/s1. The summed E-state index contributed by atoms with van der Waals surface area (Å²) in [5.74, 6) is -1.24. The molecule has 0 saturated carbocycles. The zero-order chi connectivity index (χ0) is 47.7. The van der Waals surface area contributed by atoms with Crippen molar-refractivity contribution in [2.24, 2.45) is 5.41 Å². The van der Waals surface area contributed by atoms with Crippen molar-refractivity contribution in [1.82, 2.24) is 30.2 Å². The van der Waals surface area contributed by atoms with Crippen LogP contribution in [0.15, 0.2) is 24.8 Å². The smallest absolute Gasteiger partial charge is 0.393 e. The number of hydrogen-bond donors (Lipinski definition) is 10. The van der Waals surface area contributed by atoms with Crippen LogP contribution >= 0.6 is 35.2 Å². The minimum absolute atomic E-state index is 0.00122. The van der Waals surface area contributed by atoms with Crippen LogP contribution in [0.3, 0.4) is 0 Å². The highest BCUT2D eigenvalue weighted by molar-refractivity contribution is 8.13. The van der Waals surface area contributed by atoms with Crippen LogP contribution in [0.4, 0.5) is 5.82 Å². The first kappa shape index (κ1) is 55.6. The third-order valence-electron chi connectivity index (χ3n) is 9.47. The topological polar surface area (TPSA) is 384 Å². The van der Waals surface area contributed by atoms with Gasteiger partial charge < -0.3 is 56.0 Å². The maximum absolute atomic E-state index is 12.7. The highest BCUT2D eigenvalue weighted by Gasteiger charge is 2.50. The van der Waals surface area contributed by atoms with Crippen LogP contribution in [-0.2, 0) is 50.7 Å². The molecule has 3 heterocycles. The molecule has 8 atom stereocenters. The van der Waals surface area contributed by atoms with Gasteiger partial charge in [0.25, 0.3) is 0 Å². The fourth-order valence-electron chi connectivity index (χ4n) is 6.04. The summed E-state index contributed by atoms with van der Waals surface area (Å²) in [6, 6.07) is 0. The predicted molar refractivity (Wildman–Crippen MR) is 229 cm³/mol. The fraction of sp³-hybridized carbons (Fsp3) is 0.714. The first-order valence-corrected chi connectivity index (χ1v) is 25.8. The molecule has 2 amide bonds. The van der Waals surface area contributed by atoms with E-state index in [0.717, 1.165) is 48.2 Å². The first-order valence-electron chi connectivity index (χ1n) is 20.3. The van der Waals surface area contributed by atoms with Gasteiger partial charge in [-0.1, -0.05) is 63.9 Å². The first-order chi connectivity index (χ1) is 29.9. The molecule has 11 N–H and O–H groups in total. The van der Waals surface area contributed by atoms with Gasteiger partial charge in [-0.05, 0) is 32.1 Å². The number of thioether (sulfide) groups is 1. The zero-order valence-corrected chi connectivity index (χ0v) is 39.1. The van der Waals surface area contributed by atoms with Gasteiger partial charge in [-0.3, -0.25) is 32.5 Å². The molecule has 0 bridgehead atoms. The van der Waals surface area contributed by atoms with E-state index in [4.69, 9.17) is 19.5 Å². The maximum Gasteiger partial charge on any atom is 0.481 e. The van der Waals surface area contributed by atoms with Crippen LogP contribution in [0, 0.1) is 5.41 Å². The van der Waals surface area contributed by atoms with Gasteiger partial charge in [0.1, 0.15) is 36.3 Å². The number of allylic oxidation sites excluding steroid dienone is 2. The Hall–Kier alpha value is -2.74. The molecule has 0 spiro atoms. The summed E-state index contributed by atoms with van der Waals surface area (Å²) in [4.78, 5) is 88.2. The highest BCUT2D eigenvalue weighted by Crippen LogP contribution is 2.61. The van der Waals surface area contributed by atoms with E-state index in [9.17, 15) is 63.0 Å². The van der Waals surface area contributed by atoms with E-state index in [-0.39, 0.29) is 53.8 Å². The number of nitrogens with two attached hydrogens (primary N) is 1. The quantitative estimate of drug-likeness (QED) is 0.0304.